The standard InChI is InChI=1S/C10H18ClNO/c1-3-9(6-11)12-10(13)7(2)8-4-5-8/h7-9H,3-6H2,1-2H3,(H,12,13). The molecule has 1 aliphatic rings. The van der Waals surface area contributed by atoms with E-state index in [1.54, 1.807) is 0 Å². The highest BCUT2D eigenvalue weighted by molar-refractivity contribution is 6.18. The maximum atomic E-state index is 11.6. The summed E-state index contributed by atoms with van der Waals surface area (Å²) in [6.45, 7) is 4.04. The summed E-state index contributed by atoms with van der Waals surface area (Å²) in [5.74, 6) is 1.50. The summed E-state index contributed by atoms with van der Waals surface area (Å²) in [7, 11) is 0. The highest BCUT2D eigenvalue weighted by atomic mass is 35.5. The number of hydrogen-bond acceptors (Lipinski definition) is 1. The summed E-state index contributed by atoms with van der Waals surface area (Å²) >= 11 is 5.70. The van der Waals surface area contributed by atoms with Gasteiger partial charge in [0.05, 0.1) is 0 Å². The van der Waals surface area contributed by atoms with Gasteiger partial charge in [-0.2, -0.15) is 0 Å². The van der Waals surface area contributed by atoms with Gasteiger partial charge in [-0.25, -0.2) is 0 Å². The van der Waals surface area contributed by atoms with Crippen LogP contribution in [-0.4, -0.2) is 17.8 Å². The zero-order valence-corrected chi connectivity index (χ0v) is 9.10. The van der Waals surface area contributed by atoms with Crippen molar-refractivity contribution in [3.63, 3.8) is 0 Å². The second-order valence-electron chi connectivity index (χ2n) is 3.89. The number of rotatable bonds is 5. The molecule has 13 heavy (non-hydrogen) atoms. The van der Waals surface area contributed by atoms with Gasteiger partial charge in [-0.15, -0.1) is 11.6 Å². The summed E-state index contributed by atoms with van der Waals surface area (Å²) < 4.78 is 0. The molecule has 1 N–H and O–H groups in total. The van der Waals surface area contributed by atoms with Crippen LogP contribution in [0.3, 0.4) is 0 Å². The normalized spacial score (nSPS) is 20.8. The fraction of sp³-hybridized carbons (Fsp3) is 0.900. The highest BCUT2D eigenvalue weighted by Gasteiger charge is 2.32. The van der Waals surface area contributed by atoms with Gasteiger partial charge >= 0.3 is 0 Å². The molecule has 1 rings (SSSR count). The van der Waals surface area contributed by atoms with Crippen LogP contribution >= 0.6 is 11.6 Å². The van der Waals surface area contributed by atoms with Gasteiger partial charge < -0.3 is 5.32 Å². The average molecular weight is 204 g/mol. The van der Waals surface area contributed by atoms with Crippen LogP contribution in [-0.2, 0) is 4.79 Å². The van der Waals surface area contributed by atoms with Crippen LogP contribution < -0.4 is 5.32 Å². The second kappa shape index (κ2) is 4.85. The molecule has 1 amide bonds. The Bertz CT molecular complexity index is 176. The molecule has 2 unspecified atom stereocenters. The molecule has 0 aliphatic heterocycles. The molecule has 0 aromatic carbocycles. The minimum atomic E-state index is 0.148. The fourth-order valence-corrected chi connectivity index (χ4v) is 1.69. The molecule has 0 heterocycles. The van der Waals surface area contributed by atoms with Gasteiger partial charge in [-0.05, 0) is 25.2 Å². The summed E-state index contributed by atoms with van der Waals surface area (Å²) in [4.78, 5) is 11.6. The van der Waals surface area contributed by atoms with Crippen LogP contribution in [0.15, 0.2) is 0 Å². The minimum Gasteiger partial charge on any atom is -0.352 e. The SMILES string of the molecule is CCC(CCl)NC(=O)C(C)C1CC1. The fourth-order valence-electron chi connectivity index (χ4n) is 1.39. The van der Waals surface area contributed by atoms with Crippen LogP contribution in [0.25, 0.3) is 0 Å². The summed E-state index contributed by atoms with van der Waals surface area (Å²) in [5.41, 5.74) is 0. The number of halogens is 1. The van der Waals surface area contributed by atoms with E-state index in [1.807, 2.05) is 13.8 Å². The summed E-state index contributed by atoms with van der Waals surface area (Å²) in [5, 5.41) is 2.97. The Labute approximate surface area is 85.0 Å². The number of alkyl halides is 1. The van der Waals surface area contributed by atoms with E-state index in [0.717, 1.165) is 6.42 Å². The smallest absolute Gasteiger partial charge is 0.223 e. The van der Waals surface area contributed by atoms with Crippen LogP contribution in [0.2, 0.25) is 0 Å². The Kier molecular flexibility index (Phi) is 4.04. The van der Waals surface area contributed by atoms with Crippen molar-refractivity contribution in [2.24, 2.45) is 11.8 Å². The third kappa shape index (κ3) is 3.18. The zero-order valence-electron chi connectivity index (χ0n) is 8.35. The van der Waals surface area contributed by atoms with Gasteiger partial charge in [0, 0.05) is 17.8 Å². The number of hydrogen-bond donors (Lipinski definition) is 1. The molecule has 1 saturated carbocycles. The van der Waals surface area contributed by atoms with Crippen LogP contribution in [0.4, 0.5) is 0 Å². The molecule has 0 saturated heterocycles. The van der Waals surface area contributed by atoms with Gasteiger partial charge in [-0.1, -0.05) is 13.8 Å². The lowest BCUT2D eigenvalue weighted by Gasteiger charge is -2.17. The van der Waals surface area contributed by atoms with Crippen molar-refractivity contribution >= 4 is 17.5 Å². The molecular formula is C10H18ClNO. The number of nitrogens with one attached hydrogen (secondary N) is 1. The first kappa shape index (κ1) is 10.8. The lowest BCUT2D eigenvalue weighted by Crippen LogP contribution is -2.39. The Morgan fingerprint density at radius 3 is 2.62 bits per heavy atom. The average Bonchev–Trinajstić information content (AvgIpc) is 2.95. The zero-order chi connectivity index (χ0) is 9.84. The molecule has 0 radical (unpaired) electrons. The van der Waals surface area contributed by atoms with Gasteiger partial charge in [0.1, 0.15) is 0 Å². The molecule has 0 spiro atoms. The summed E-state index contributed by atoms with van der Waals surface area (Å²) in [6, 6.07) is 0.148. The molecule has 76 valence electrons. The molecule has 2 nitrogen and oxygen atoms in total. The molecule has 1 aliphatic carbocycles. The lowest BCUT2D eigenvalue weighted by atomic mass is 10.1. The van der Waals surface area contributed by atoms with E-state index < -0.39 is 0 Å². The highest BCUT2D eigenvalue weighted by Crippen LogP contribution is 2.36. The topological polar surface area (TPSA) is 29.1 Å². The predicted molar refractivity (Wildman–Crippen MR) is 54.8 cm³/mol. The van der Waals surface area contributed by atoms with Gasteiger partial charge in [0.15, 0.2) is 0 Å². The van der Waals surface area contributed by atoms with Gasteiger partial charge in [-0.3, -0.25) is 4.79 Å². The Hall–Kier alpha value is -0.240. The maximum absolute atomic E-state index is 11.6. The minimum absolute atomic E-state index is 0.148. The number of amides is 1. The molecule has 3 heteroatoms. The van der Waals surface area contributed by atoms with E-state index in [1.165, 1.54) is 12.8 Å². The molecule has 0 aromatic heterocycles. The number of carbonyl (C=O) groups is 1. The molecule has 0 bridgehead atoms. The third-order valence-electron chi connectivity index (χ3n) is 2.77. The first-order valence-electron chi connectivity index (χ1n) is 5.05. The van der Waals surface area contributed by atoms with Crippen molar-refractivity contribution in [1.82, 2.24) is 5.32 Å². The maximum Gasteiger partial charge on any atom is 0.223 e. The van der Waals surface area contributed by atoms with Crippen molar-refractivity contribution in [3.8, 4) is 0 Å². The molecule has 1 fully saturated rings. The van der Waals surface area contributed by atoms with Crippen molar-refractivity contribution in [1.29, 1.82) is 0 Å². The third-order valence-corrected chi connectivity index (χ3v) is 3.14. The van der Waals surface area contributed by atoms with Gasteiger partial charge in [0.2, 0.25) is 5.91 Å². The molecule has 0 aromatic rings. The van der Waals surface area contributed by atoms with Crippen molar-refractivity contribution in [3.05, 3.63) is 0 Å². The van der Waals surface area contributed by atoms with E-state index in [9.17, 15) is 4.79 Å². The van der Waals surface area contributed by atoms with Crippen LogP contribution in [0.1, 0.15) is 33.1 Å². The Balaban J connectivity index is 2.29. The number of carbonyl (C=O) groups excluding carboxylic acids is 1. The van der Waals surface area contributed by atoms with Gasteiger partial charge in [0.25, 0.3) is 0 Å². The van der Waals surface area contributed by atoms with Crippen LogP contribution in [0.5, 0.6) is 0 Å². The van der Waals surface area contributed by atoms with E-state index in [0.29, 0.717) is 11.8 Å². The largest absolute Gasteiger partial charge is 0.352 e. The van der Waals surface area contributed by atoms with E-state index >= 15 is 0 Å². The monoisotopic (exact) mass is 203 g/mol. The molecule has 2 atom stereocenters. The second-order valence-corrected chi connectivity index (χ2v) is 4.20. The Morgan fingerprint density at radius 2 is 2.23 bits per heavy atom. The van der Waals surface area contributed by atoms with Crippen molar-refractivity contribution < 1.29 is 4.79 Å². The lowest BCUT2D eigenvalue weighted by molar-refractivity contribution is -0.125. The molecular weight excluding hydrogens is 186 g/mol. The Morgan fingerprint density at radius 1 is 1.62 bits per heavy atom. The predicted octanol–water partition coefficient (Wildman–Crippen LogP) is 2.17. The summed E-state index contributed by atoms with van der Waals surface area (Å²) in [6.07, 6.45) is 3.34. The van der Waals surface area contributed by atoms with E-state index in [2.05, 4.69) is 5.32 Å². The van der Waals surface area contributed by atoms with E-state index in [4.69, 9.17) is 11.6 Å². The van der Waals surface area contributed by atoms with Crippen molar-refractivity contribution in [2.75, 3.05) is 5.88 Å². The first-order valence-corrected chi connectivity index (χ1v) is 5.58. The van der Waals surface area contributed by atoms with Crippen molar-refractivity contribution in [2.45, 2.75) is 39.2 Å². The van der Waals surface area contributed by atoms with Crippen LogP contribution in [0, 0.1) is 11.8 Å². The van der Waals surface area contributed by atoms with E-state index in [-0.39, 0.29) is 17.9 Å². The first-order chi connectivity index (χ1) is 6.19. The quantitative estimate of drug-likeness (QED) is 0.682.